The number of nitrogens with zero attached hydrogens (tertiary/aromatic N) is 1. The first-order valence-corrected chi connectivity index (χ1v) is 7.17. The molecule has 116 valence electrons. The van der Waals surface area contributed by atoms with Gasteiger partial charge in [-0.05, 0) is 52.2 Å². The number of aliphatic hydroxyl groups excluding tert-OH is 1. The number of ether oxygens (including phenoxy) is 1. The lowest BCUT2D eigenvalue weighted by Gasteiger charge is -2.21. The number of anilines is 1. The molecule has 0 saturated heterocycles. The van der Waals surface area contributed by atoms with E-state index in [1.165, 1.54) is 10.6 Å². The lowest BCUT2D eigenvalue weighted by atomic mass is 10.2. The van der Waals surface area contributed by atoms with Crippen LogP contribution in [0.2, 0.25) is 0 Å². The number of rotatable bonds is 2. The normalized spacial score (nSPS) is 22.1. The van der Waals surface area contributed by atoms with Gasteiger partial charge in [0.1, 0.15) is 11.3 Å². The molecule has 0 bridgehead atoms. The van der Waals surface area contributed by atoms with Gasteiger partial charge in [-0.2, -0.15) is 0 Å². The van der Waals surface area contributed by atoms with E-state index in [4.69, 9.17) is 4.74 Å². The predicted molar refractivity (Wildman–Crippen MR) is 79.5 cm³/mol. The summed E-state index contributed by atoms with van der Waals surface area (Å²) in [5.41, 5.74) is -0.792. The topological polar surface area (TPSA) is 80.6 Å². The number of hydrogen-bond acceptors (Lipinski definition) is 4. The first-order chi connectivity index (χ1) is 9.78. The Hall–Kier alpha value is -1.82. The van der Waals surface area contributed by atoms with Crippen molar-refractivity contribution in [1.82, 2.24) is 4.57 Å². The maximum atomic E-state index is 12.4. The van der Waals surface area contributed by atoms with Gasteiger partial charge in [0.05, 0.1) is 12.1 Å². The molecular formula is C15H22N2O4. The summed E-state index contributed by atoms with van der Waals surface area (Å²) < 4.78 is 6.63. The van der Waals surface area contributed by atoms with Gasteiger partial charge in [-0.3, -0.25) is 10.1 Å². The molecule has 1 aromatic heterocycles. The quantitative estimate of drug-likeness (QED) is 0.877. The molecule has 6 heteroatoms. The maximum absolute atomic E-state index is 12.4. The van der Waals surface area contributed by atoms with Crippen LogP contribution < -0.4 is 10.9 Å². The summed E-state index contributed by atoms with van der Waals surface area (Å²) in [5, 5.41) is 12.4. The van der Waals surface area contributed by atoms with E-state index in [1.807, 2.05) is 0 Å². The minimum Gasteiger partial charge on any atom is -0.444 e. The van der Waals surface area contributed by atoms with Crippen LogP contribution in [0, 0.1) is 0 Å². The summed E-state index contributed by atoms with van der Waals surface area (Å²) in [5.74, 6) is 0. The van der Waals surface area contributed by atoms with Crippen molar-refractivity contribution < 1.29 is 14.6 Å². The predicted octanol–water partition coefficient (Wildman–Crippen LogP) is 2.28. The fourth-order valence-corrected chi connectivity index (χ4v) is 2.53. The molecule has 2 rings (SSSR count). The molecule has 2 atom stereocenters. The lowest BCUT2D eigenvalue weighted by molar-refractivity contribution is 0.0635. The molecule has 2 N–H and O–H groups in total. The van der Waals surface area contributed by atoms with Crippen molar-refractivity contribution in [2.24, 2.45) is 0 Å². The van der Waals surface area contributed by atoms with Gasteiger partial charge in [0, 0.05) is 6.20 Å². The van der Waals surface area contributed by atoms with E-state index in [9.17, 15) is 14.7 Å². The first-order valence-electron chi connectivity index (χ1n) is 7.17. The number of nitrogens with one attached hydrogen (secondary N) is 1. The molecule has 0 spiro atoms. The Labute approximate surface area is 123 Å². The number of aliphatic hydroxyl groups is 1. The van der Waals surface area contributed by atoms with Gasteiger partial charge in [0.2, 0.25) is 0 Å². The minimum absolute atomic E-state index is 0.158. The van der Waals surface area contributed by atoms with Crippen LogP contribution in [0.4, 0.5) is 10.5 Å². The van der Waals surface area contributed by atoms with Crippen molar-refractivity contribution in [3.05, 3.63) is 28.7 Å². The summed E-state index contributed by atoms with van der Waals surface area (Å²) in [6.45, 7) is 5.26. The van der Waals surface area contributed by atoms with Crippen molar-refractivity contribution in [3.8, 4) is 0 Å². The van der Waals surface area contributed by atoms with Crippen LogP contribution in [0.3, 0.4) is 0 Å². The number of aromatic nitrogens is 1. The summed E-state index contributed by atoms with van der Waals surface area (Å²) in [4.78, 5) is 24.1. The maximum Gasteiger partial charge on any atom is 0.412 e. The summed E-state index contributed by atoms with van der Waals surface area (Å²) >= 11 is 0. The Bertz CT molecular complexity index is 574. The molecule has 0 aromatic carbocycles. The summed E-state index contributed by atoms with van der Waals surface area (Å²) in [6.07, 6.45) is 2.81. The third kappa shape index (κ3) is 3.85. The van der Waals surface area contributed by atoms with Crippen molar-refractivity contribution in [2.45, 2.75) is 57.8 Å². The molecule has 1 saturated carbocycles. The van der Waals surface area contributed by atoms with Gasteiger partial charge in [-0.15, -0.1) is 0 Å². The molecule has 0 aliphatic heterocycles. The second-order valence-corrected chi connectivity index (χ2v) is 6.33. The second-order valence-electron chi connectivity index (χ2n) is 6.33. The fourth-order valence-electron chi connectivity index (χ4n) is 2.53. The fraction of sp³-hybridized carbons (Fsp3) is 0.600. The van der Waals surface area contributed by atoms with E-state index in [1.54, 1.807) is 33.0 Å². The van der Waals surface area contributed by atoms with E-state index in [0.717, 1.165) is 12.8 Å². The SMILES string of the molecule is CC(C)(C)OC(=O)Nc1cccn([C@H]2CCC[C@H]2O)c1=O. The van der Waals surface area contributed by atoms with E-state index >= 15 is 0 Å². The van der Waals surface area contributed by atoms with Crippen LogP contribution in [-0.4, -0.2) is 27.5 Å². The standard InChI is InChI=1S/C15H22N2O4/c1-15(2,3)21-14(20)16-10-6-5-9-17(13(10)19)11-7-4-8-12(11)18/h5-6,9,11-12,18H,4,7-8H2,1-3H3,(H,16,20)/t11-,12+/m0/s1. The van der Waals surface area contributed by atoms with Gasteiger partial charge in [-0.1, -0.05) is 0 Å². The minimum atomic E-state index is -0.663. The Morgan fingerprint density at radius 1 is 1.43 bits per heavy atom. The average molecular weight is 294 g/mol. The largest absolute Gasteiger partial charge is 0.444 e. The molecule has 0 radical (unpaired) electrons. The smallest absolute Gasteiger partial charge is 0.412 e. The Kier molecular flexibility index (Phi) is 4.37. The molecule has 1 aromatic rings. The Morgan fingerprint density at radius 3 is 2.71 bits per heavy atom. The van der Waals surface area contributed by atoms with Crippen LogP contribution in [-0.2, 0) is 4.74 Å². The number of carbonyl (C=O) groups excluding carboxylic acids is 1. The highest BCUT2D eigenvalue weighted by molar-refractivity contribution is 5.84. The van der Waals surface area contributed by atoms with E-state index in [-0.39, 0.29) is 17.3 Å². The van der Waals surface area contributed by atoms with Gasteiger partial charge in [0.15, 0.2) is 0 Å². The number of hydrogen-bond donors (Lipinski definition) is 2. The van der Waals surface area contributed by atoms with Gasteiger partial charge < -0.3 is 14.4 Å². The average Bonchev–Trinajstić information content (AvgIpc) is 2.76. The van der Waals surface area contributed by atoms with Crippen LogP contribution >= 0.6 is 0 Å². The van der Waals surface area contributed by atoms with E-state index in [0.29, 0.717) is 6.42 Å². The number of pyridine rings is 1. The molecule has 1 amide bonds. The van der Waals surface area contributed by atoms with Crippen molar-refractivity contribution in [3.63, 3.8) is 0 Å². The van der Waals surface area contributed by atoms with Gasteiger partial charge in [0.25, 0.3) is 5.56 Å². The number of carbonyl (C=O) groups is 1. The number of amides is 1. The van der Waals surface area contributed by atoms with Crippen molar-refractivity contribution in [2.75, 3.05) is 5.32 Å². The molecule has 1 aliphatic rings. The molecule has 21 heavy (non-hydrogen) atoms. The molecule has 1 aliphatic carbocycles. The highest BCUT2D eigenvalue weighted by atomic mass is 16.6. The lowest BCUT2D eigenvalue weighted by Crippen LogP contribution is -2.33. The third-order valence-electron chi connectivity index (χ3n) is 3.41. The highest BCUT2D eigenvalue weighted by Gasteiger charge is 2.28. The zero-order chi connectivity index (χ0) is 15.6. The van der Waals surface area contributed by atoms with Crippen molar-refractivity contribution in [1.29, 1.82) is 0 Å². The van der Waals surface area contributed by atoms with Gasteiger partial charge in [-0.25, -0.2) is 4.79 Å². The van der Waals surface area contributed by atoms with E-state index < -0.39 is 17.8 Å². The van der Waals surface area contributed by atoms with Crippen LogP contribution in [0.25, 0.3) is 0 Å². The molecule has 0 unspecified atom stereocenters. The monoisotopic (exact) mass is 294 g/mol. The van der Waals surface area contributed by atoms with Crippen LogP contribution in [0.5, 0.6) is 0 Å². The third-order valence-corrected chi connectivity index (χ3v) is 3.41. The molecular weight excluding hydrogens is 272 g/mol. The first kappa shape index (κ1) is 15.6. The summed E-state index contributed by atoms with van der Waals surface area (Å²) in [6, 6.07) is 2.99. The van der Waals surface area contributed by atoms with Crippen LogP contribution in [0.1, 0.15) is 46.1 Å². The molecule has 6 nitrogen and oxygen atoms in total. The second kappa shape index (κ2) is 5.89. The van der Waals surface area contributed by atoms with Gasteiger partial charge >= 0.3 is 6.09 Å². The zero-order valence-corrected chi connectivity index (χ0v) is 12.6. The Balaban J connectivity index is 2.18. The Morgan fingerprint density at radius 2 is 2.14 bits per heavy atom. The summed E-state index contributed by atoms with van der Waals surface area (Å²) in [7, 11) is 0. The van der Waals surface area contributed by atoms with Crippen molar-refractivity contribution >= 4 is 11.8 Å². The van der Waals surface area contributed by atoms with E-state index in [2.05, 4.69) is 5.32 Å². The molecule has 1 heterocycles. The highest BCUT2D eigenvalue weighted by Crippen LogP contribution is 2.29. The zero-order valence-electron chi connectivity index (χ0n) is 12.6. The molecule has 1 fully saturated rings. The van der Waals surface area contributed by atoms with Crippen LogP contribution in [0.15, 0.2) is 23.1 Å².